The third-order valence-corrected chi connectivity index (χ3v) is 2.51. The molecule has 2 rings (SSSR count). The van der Waals surface area contributed by atoms with Gasteiger partial charge in [0, 0.05) is 11.9 Å². The minimum atomic E-state index is -0.822. The second-order valence-electron chi connectivity index (χ2n) is 4.01. The molecule has 0 atom stereocenters. The lowest BCUT2D eigenvalue weighted by Gasteiger charge is -2.01. The van der Waals surface area contributed by atoms with Crippen LogP contribution in [0.2, 0.25) is 0 Å². The lowest BCUT2D eigenvalue weighted by molar-refractivity contribution is -0.135. The van der Waals surface area contributed by atoms with Crippen molar-refractivity contribution >= 4 is 12.0 Å². The summed E-state index contributed by atoms with van der Waals surface area (Å²) in [6.45, 7) is 1.94. The topological polar surface area (TPSA) is 55.1 Å². The number of nitrogens with zero attached hydrogens (tertiary/aromatic N) is 2. The van der Waals surface area contributed by atoms with E-state index in [0.29, 0.717) is 0 Å². The Morgan fingerprint density at radius 2 is 2.11 bits per heavy atom. The van der Waals surface area contributed by atoms with E-state index in [4.69, 9.17) is 5.11 Å². The number of aliphatic carboxylic acids is 1. The van der Waals surface area contributed by atoms with E-state index in [1.165, 1.54) is 0 Å². The molecule has 0 aliphatic carbocycles. The fraction of sp³-hybridized carbons (Fsp3) is 0.143. The minimum Gasteiger partial charge on any atom is -0.481 e. The summed E-state index contributed by atoms with van der Waals surface area (Å²) in [6.07, 6.45) is 7.21. The lowest BCUT2D eigenvalue weighted by Crippen LogP contribution is -1.90. The molecule has 4 heteroatoms. The number of carbonyl (C=O) groups is 1. The SMILES string of the molecule is Cc1cn(-c2ccc(/C=C/CC(=O)O)cc2)cn1. The second-order valence-corrected chi connectivity index (χ2v) is 4.01. The van der Waals surface area contributed by atoms with Crippen LogP contribution in [0.15, 0.2) is 42.9 Å². The molecule has 0 amide bonds. The van der Waals surface area contributed by atoms with E-state index in [9.17, 15) is 4.79 Å². The molecule has 0 aliphatic heterocycles. The molecule has 18 heavy (non-hydrogen) atoms. The molecular formula is C14H14N2O2. The molecule has 1 N–H and O–H groups in total. The van der Waals surface area contributed by atoms with Crippen LogP contribution in [0.1, 0.15) is 17.7 Å². The molecular weight excluding hydrogens is 228 g/mol. The van der Waals surface area contributed by atoms with Crippen LogP contribution in [-0.4, -0.2) is 20.6 Å². The van der Waals surface area contributed by atoms with Crippen molar-refractivity contribution in [1.29, 1.82) is 0 Å². The van der Waals surface area contributed by atoms with Gasteiger partial charge in [-0.25, -0.2) is 4.98 Å². The minimum absolute atomic E-state index is 0.0441. The van der Waals surface area contributed by atoms with Gasteiger partial charge in [0.1, 0.15) is 0 Å². The summed E-state index contributed by atoms with van der Waals surface area (Å²) in [5.74, 6) is -0.822. The van der Waals surface area contributed by atoms with E-state index in [1.54, 1.807) is 18.5 Å². The van der Waals surface area contributed by atoms with Gasteiger partial charge in [-0.15, -0.1) is 0 Å². The third kappa shape index (κ3) is 3.07. The van der Waals surface area contributed by atoms with Crippen molar-refractivity contribution in [2.75, 3.05) is 0 Å². The van der Waals surface area contributed by atoms with Crippen molar-refractivity contribution in [1.82, 2.24) is 9.55 Å². The normalized spacial score (nSPS) is 10.9. The number of benzene rings is 1. The highest BCUT2D eigenvalue weighted by atomic mass is 16.4. The molecule has 0 radical (unpaired) electrons. The number of aromatic nitrogens is 2. The first-order chi connectivity index (χ1) is 8.65. The summed E-state index contributed by atoms with van der Waals surface area (Å²) < 4.78 is 1.94. The summed E-state index contributed by atoms with van der Waals surface area (Å²) in [5, 5.41) is 8.53. The Labute approximate surface area is 105 Å². The van der Waals surface area contributed by atoms with Gasteiger partial charge in [-0.1, -0.05) is 24.3 Å². The Hall–Kier alpha value is -2.36. The fourth-order valence-electron chi connectivity index (χ4n) is 1.62. The first kappa shape index (κ1) is 12.1. The molecule has 0 bridgehead atoms. The van der Waals surface area contributed by atoms with Crippen LogP contribution in [0.5, 0.6) is 0 Å². The molecule has 92 valence electrons. The van der Waals surface area contributed by atoms with Gasteiger partial charge in [0.2, 0.25) is 0 Å². The van der Waals surface area contributed by atoms with Crippen molar-refractivity contribution in [3.63, 3.8) is 0 Å². The molecule has 1 aromatic heterocycles. The zero-order chi connectivity index (χ0) is 13.0. The van der Waals surface area contributed by atoms with Crippen LogP contribution in [0.25, 0.3) is 11.8 Å². The standard InChI is InChI=1S/C14H14N2O2/c1-11-9-16(10-15-11)13-7-5-12(6-8-13)3-2-4-14(17)18/h2-3,5-10H,4H2,1H3,(H,17,18)/b3-2+. The van der Waals surface area contributed by atoms with Crippen LogP contribution in [0.3, 0.4) is 0 Å². The molecule has 1 aromatic carbocycles. The van der Waals surface area contributed by atoms with Gasteiger partial charge in [-0.2, -0.15) is 0 Å². The van der Waals surface area contributed by atoms with E-state index in [-0.39, 0.29) is 6.42 Å². The van der Waals surface area contributed by atoms with E-state index < -0.39 is 5.97 Å². The Morgan fingerprint density at radius 3 is 2.67 bits per heavy atom. The van der Waals surface area contributed by atoms with Gasteiger partial charge >= 0.3 is 5.97 Å². The fourth-order valence-corrected chi connectivity index (χ4v) is 1.62. The number of carboxylic acid groups (broad SMARTS) is 1. The largest absolute Gasteiger partial charge is 0.481 e. The van der Waals surface area contributed by atoms with E-state index >= 15 is 0 Å². The van der Waals surface area contributed by atoms with Gasteiger partial charge < -0.3 is 9.67 Å². The van der Waals surface area contributed by atoms with Crippen molar-refractivity contribution < 1.29 is 9.90 Å². The maximum Gasteiger partial charge on any atom is 0.307 e. The predicted molar refractivity (Wildman–Crippen MR) is 69.6 cm³/mol. The molecule has 0 saturated carbocycles. The van der Waals surface area contributed by atoms with Crippen molar-refractivity contribution in [3.05, 3.63) is 54.1 Å². The smallest absolute Gasteiger partial charge is 0.307 e. The van der Waals surface area contributed by atoms with E-state index in [0.717, 1.165) is 16.9 Å². The number of carboxylic acids is 1. The average Bonchev–Trinajstić information content (AvgIpc) is 2.76. The molecule has 1 heterocycles. The Morgan fingerprint density at radius 1 is 1.39 bits per heavy atom. The first-order valence-corrected chi connectivity index (χ1v) is 5.64. The van der Waals surface area contributed by atoms with Crippen molar-refractivity contribution in [2.45, 2.75) is 13.3 Å². The molecule has 0 spiro atoms. The second kappa shape index (κ2) is 5.31. The maximum atomic E-state index is 10.4. The maximum absolute atomic E-state index is 10.4. The summed E-state index contributed by atoms with van der Waals surface area (Å²) in [4.78, 5) is 14.5. The molecule has 0 fully saturated rings. The van der Waals surface area contributed by atoms with Gasteiger partial charge in [0.25, 0.3) is 0 Å². The van der Waals surface area contributed by atoms with Crippen molar-refractivity contribution in [3.8, 4) is 5.69 Å². The number of aryl methyl sites for hydroxylation is 1. The van der Waals surface area contributed by atoms with Crippen LogP contribution >= 0.6 is 0 Å². The average molecular weight is 242 g/mol. The van der Waals surface area contributed by atoms with Crippen LogP contribution in [-0.2, 0) is 4.79 Å². The molecule has 0 unspecified atom stereocenters. The zero-order valence-corrected chi connectivity index (χ0v) is 10.1. The first-order valence-electron chi connectivity index (χ1n) is 5.64. The quantitative estimate of drug-likeness (QED) is 0.896. The molecule has 2 aromatic rings. The highest BCUT2D eigenvalue weighted by Gasteiger charge is 1.97. The highest BCUT2D eigenvalue weighted by molar-refractivity contribution is 5.70. The van der Waals surface area contributed by atoms with E-state index in [1.807, 2.05) is 42.0 Å². The van der Waals surface area contributed by atoms with Gasteiger partial charge in [-0.05, 0) is 24.6 Å². The van der Waals surface area contributed by atoms with Gasteiger partial charge in [0.05, 0.1) is 18.4 Å². The van der Waals surface area contributed by atoms with Crippen LogP contribution in [0, 0.1) is 6.92 Å². The molecule has 4 nitrogen and oxygen atoms in total. The summed E-state index contributed by atoms with van der Waals surface area (Å²) >= 11 is 0. The molecule has 0 aliphatic rings. The number of hydrogen-bond donors (Lipinski definition) is 1. The van der Waals surface area contributed by atoms with Gasteiger partial charge in [-0.3, -0.25) is 4.79 Å². The Balaban J connectivity index is 2.10. The predicted octanol–water partition coefficient (Wildman–Crippen LogP) is 2.67. The van der Waals surface area contributed by atoms with Crippen LogP contribution in [0.4, 0.5) is 0 Å². The number of rotatable bonds is 4. The Bertz CT molecular complexity index is 568. The lowest BCUT2D eigenvalue weighted by atomic mass is 10.2. The third-order valence-electron chi connectivity index (χ3n) is 2.51. The Kier molecular flexibility index (Phi) is 3.57. The van der Waals surface area contributed by atoms with E-state index in [2.05, 4.69) is 4.98 Å². The molecule has 0 saturated heterocycles. The monoisotopic (exact) mass is 242 g/mol. The zero-order valence-electron chi connectivity index (χ0n) is 10.1. The summed E-state index contributed by atoms with van der Waals surface area (Å²) in [7, 11) is 0. The number of hydrogen-bond acceptors (Lipinski definition) is 2. The van der Waals surface area contributed by atoms with Gasteiger partial charge in [0.15, 0.2) is 0 Å². The number of imidazole rings is 1. The van der Waals surface area contributed by atoms with Crippen molar-refractivity contribution in [2.24, 2.45) is 0 Å². The highest BCUT2D eigenvalue weighted by Crippen LogP contribution is 2.11. The van der Waals surface area contributed by atoms with Crippen LogP contribution < -0.4 is 0 Å². The summed E-state index contributed by atoms with van der Waals surface area (Å²) in [5.41, 5.74) is 2.99. The summed E-state index contributed by atoms with van der Waals surface area (Å²) in [6, 6.07) is 7.84.